The van der Waals surface area contributed by atoms with Gasteiger partial charge in [-0.25, -0.2) is 0 Å². The highest BCUT2D eigenvalue weighted by Gasteiger charge is 2.29. The van der Waals surface area contributed by atoms with Gasteiger partial charge in [0.15, 0.2) is 0 Å². The van der Waals surface area contributed by atoms with Crippen LogP contribution in [-0.4, -0.2) is 17.0 Å². The quantitative estimate of drug-likeness (QED) is 0.553. The van der Waals surface area contributed by atoms with Gasteiger partial charge in [0.1, 0.15) is 5.78 Å². The lowest BCUT2D eigenvalue weighted by Crippen LogP contribution is -2.27. The van der Waals surface area contributed by atoms with E-state index < -0.39 is 0 Å². The maximum absolute atomic E-state index is 11.4. The fourth-order valence-electron chi connectivity index (χ4n) is 2.24. The molecule has 2 heteroatoms. The highest BCUT2D eigenvalue weighted by molar-refractivity contribution is 5.85. The van der Waals surface area contributed by atoms with Gasteiger partial charge in [-0.15, -0.1) is 0 Å². The van der Waals surface area contributed by atoms with Gasteiger partial charge in [0.2, 0.25) is 0 Å². The summed E-state index contributed by atoms with van der Waals surface area (Å²) >= 11 is 0. The fourth-order valence-corrected chi connectivity index (χ4v) is 2.24. The van der Waals surface area contributed by atoms with Crippen molar-refractivity contribution in [3.05, 3.63) is 11.6 Å². The van der Waals surface area contributed by atoms with Crippen LogP contribution in [0.1, 0.15) is 32.1 Å². The van der Waals surface area contributed by atoms with E-state index >= 15 is 0 Å². The molecule has 1 N–H and O–H groups in total. The highest BCUT2D eigenvalue weighted by atomic mass is 16.3. The molecule has 2 aliphatic carbocycles. The predicted molar refractivity (Wildman–Crippen MR) is 45.7 cm³/mol. The molecule has 12 heavy (non-hydrogen) atoms. The van der Waals surface area contributed by atoms with E-state index in [1.165, 1.54) is 5.57 Å². The molecule has 2 rings (SSSR count). The largest absolute Gasteiger partial charge is 0.389 e. The van der Waals surface area contributed by atoms with E-state index in [1.54, 1.807) is 0 Å². The molecular formula is C10H14O2. The second-order valence-electron chi connectivity index (χ2n) is 3.76. The van der Waals surface area contributed by atoms with Crippen LogP contribution in [0.4, 0.5) is 0 Å². The number of fused-ring (bicyclic) bond motifs is 1. The number of hydrogen-bond donors (Lipinski definition) is 1. The lowest BCUT2D eigenvalue weighted by molar-refractivity contribution is -0.123. The van der Waals surface area contributed by atoms with Gasteiger partial charge in [-0.05, 0) is 25.7 Å². The summed E-state index contributed by atoms with van der Waals surface area (Å²) in [6.45, 7) is 0. The van der Waals surface area contributed by atoms with Crippen molar-refractivity contribution in [1.82, 2.24) is 0 Å². The lowest BCUT2D eigenvalue weighted by Gasteiger charge is -2.29. The van der Waals surface area contributed by atoms with Gasteiger partial charge in [0.25, 0.3) is 0 Å². The van der Waals surface area contributed by atoms with E-state index in [1.807, 2.05) is 6.08 Å². The first-order valence-corrected chi connectivity index (χ1v) is 4.69. The van der Waals surface area contributed by atoms with Gasteiger partial charge in [-0.3, -0.25) is 4.79 Å². The SMILES string of the molecule is O=C1CCCC2=CC(O)CCC12. The smallest absolute Gasteiger partial charge is 0.140 e. The van der Waals surface area contributed by atoms with Crippen LogP contribution in [0.25, 0.3) is 0 Å². The third-order valence-corrected chi connectivity index (χ3v) is 2.88. The number of aliphatic hydroxyl groups excluding tert-OH is 1. The number of aliphatic hydroxyl groups is 1. The molecule has 0 radical (unpaired) electrons. The number of carbonyl (C=O) groups excluding carboxylic acids is 1. The van der Waals surface area contributed by atoms with E-state index in [2.05, 4.69) is 0 Å². The van der Waals surface area contributed by atoms with E-state index in [0.717, 1.165) is 32.1 Å². The Hall–Kier alpha value is -0.630. The molecule has 0 aromatic carbocycles. The third kappa shape index (κ3) is 1.31. The maximum Gasteiger partial charge on any atom is 0.140 e. The molecule has 2 nitrogen and oxygen atoms in total. The molecule has 0 bridgehead atoms. The molecule has 1 saturated carbocycles. The first-order valence-electron chi connectivity index (χ1n) is 4.69. The number of allylic oxidation sites excluding steroid dienone is 1. The number of hydrogen-bond acceptors (Lipinski definition) is 2. The van der Waals surface area contributed by atoms with E-state index in [-0.39, 0.29) is 12.0 Å². The van der Waals surface area contributed by atoms with Gasteiger partial charge < -0.3 is 5.11 Å². The summed E-state index contributed by atoms with van der Waals surface area (Å²) in [7, 11) is 0. The third-order valence-electron chi connectivity index (χ3n) is 2.88. The van der Waals surface area contributed by atoms with Crippen LogP contribution in [0.2, 0.25) is 0 Å². The summed E-state index contributed by atoms with van der Waals surface area (Å²) in [6.07, 6.45) is 5.98. The topological polar surface area (TPSA) is 37.3 Å². The van der Waals surface area contributed by atoms with Crippen molar-refractivity contribution in [2.24, 2.45) is 5.92 Å². The van der Waals surface area contributed by atoms with Crippen LogP contribution in [-0.2, 0) is 4.79 Å². The standard InChI is InChI=1S/C10H14O2/c11-8-4-5-9-7(6-8)2-1-3-10(9)12/h6,8-9,11H,1-5H2. The molecule has 0 heterocycles. The molecule has 2 unspecified atom stereocenters. The second kappa shape index (κ2) is 3.02. The summed E-state index contributed by atoms with van der Waals surface area (Å²) in [5.41, 5.74) is 1.20. The van der Waals surface area contributed by atoms with Gasteiger partial charge in [-0.2, -0.15) is 0 Å². The average Bonchev–Trinajstić information content (AvgIpc) is 2.04. The van der Waals surface area contributed by atoms with Crippen molar-refractivity contribution >= 4 is 5.78 Å². The van der Waals surface area contributed by atoms with E-state index in [9.17, 15) is 9.90 Å². The summed E-state index contributed by atoms with van der Waals surface area (Å²) < 4.78 is 0. The molecule has 0 saturated heterocycles. The minimum atomic E-state index is -0.290. The van der Waals surface area contributed by atoms with Crippen LogP contribution in [0.5, 0.6) is 0 Å². The van der Waals surface area contributed by atoms with Crippen molar-refractivity contribution in [3.63, 3.8) is 0 Å². The zero-order valence-electron chi connectivity index (χ0n) is 7.12. The summed E-state index contributed by atoms with van der Waals surface area (Å²) in [6, 6.07) is 0. The zero-order valence-corrected chi connectivity index (χ0v) is 7.12. The fraction of sp³-hybridized carbons (Fsp3) is 0.700. The molecule has 1 fully saturated rings. The maximum atomic E-state index is 11.4. The van der Waals surface area contributed by atoms with E-state index in [4.69, 9.17) is 0 Å². The van der Waals surface area contributed by atoms with Crippen molar-refractivity contribution in [3.8, 4) is 0 Å². The number of rotatable bonds is 0. The molecule has 2 aliphatic rings. The molecule has 66 valence electrons. The van der Waals surface area contributed by atoms with Gasteiger partial charge in [0.05, 0.1) is 6.10 Å². The molecule has 0 spiro atoms. The molecule has 0 aliphatic heterocycles. The predicted octanol–water partition coefficient (Wildman–Crippen LogP) is 1.44. The normalized spacial score (nSPS) is 35.8. The minimum absolute atomic E-state index is 0.169. The lowest BCUT2D eigenvalue weighted by atomic mass is 9.76. The Morgan fingerprint density at radius 3 is 3.00 bits per heavy atom. The summed E-state index contributed by atoms with van der Waals surface area (Å²) in [5, 5.41) is 9.35. The number of ketones is 1. The van der Waals surface area contributed by atoms with Crippen molar-refractivity contribution < 1.29 is 9.90 Å². The van der Waals surface area contributed by atoms with Gasteiger partial charge >= 0.3 is 0 Å². The zero-order chi connectivity index (χ0) is 8.55. The first-order chi connectivity index (χ1) is 5.77. The Morgan fingerprint density at radius 1 is 1.33 bits per heavy atom. The first kappa shape index (κ1) is 7.99. The van der Waals surface area contributed by atoms with Crippen LogP contribution in [0, 0.1) is 5.92 Å². The second-order valence-corrected chi connectivity index (χ2v) is 3.76. The molecule has 0 amide bonds. The average molecular weight is 166 g/mol. The molecular weight excluding hydrogens is 152 g/mol. The Morgan fingerprint density at radius 2 is 2.17 bits per heavy atom. The van der Waals surface area contributed by atoms with Crippen LogP contribution < -0.4 is 0 Å². The summed E-state index contributed by atoms with van der Waals surface area (Å²) in [5.74, 6) is 0.557. The Bertz CT molecular complexity index is 230. The minimum Gasteiger partial charge on any atom is -0.389 e. The van der Waals surface area contributed by atoms with Crippen molar-refractivity contribution in [2.75, 3.05) is 0 Å². The highest BCUT2D eigenvalue weighted by Crippen LogP contribution is 2.34. The Labute approximate surface area is 72.3 Å². The molecule has 0 aromatic heterocycles. The van der Waals surface area contributed by atoms with Gasteiger partial charge in [-0.1, -0.05) is 11.6 Å². The summed E-state index contributed by atoms with van der Waals surface area (Å²) in [4.78, 5) is 11.4. The Balaban J connectivity index is 2.20. The molecule has 2 atom stereocenters. The van der Waals surface area contributed by atoms with Crippen LogP contribution in [0.15, 0.2) is 11.6 Å². The number of Topliss-reactive ketones (excluding diaryl/α,β-unsaturated/α-hetero) is 1. The van der Waals surface area contributed by atoms with Crippen molar-refractivity contribution in [2.45, 2.75) is 38.2 Å². The van der Waals surface area contributed by atoms with Crippen molar-refractivity contribution in [1.29, 1.82) is 0 Å². The molecule has 0 aromatic rings. The van der Waals surface area contributed by atoms with Crippen LogP contribution >= 0.6 is 0 Å². The van der Waals surface area contributed by atoms with Gasteiger partial charge in [0, 0.05) is 12.3 Å². The monoisotopic (exact) mass is 166 g/mol. The van der Waals surface area contributed by atoms with E-state index in [0.29, 0.717) is 5.78 Å². The number of carbonyl (C=O) groups is 1. The Kier molecular flexibility index (Phi) is 2.01. The van der Waals surface area contributed by atoms with Crippen LogP contribution in [0.3, 0.4) is 0 Å².